The number of rotatable bonds is 14. The van der Waals surface area contributed by atoms with Crippen LogP contribution in [-0.4, -0.2) is 42.5 Å². The minimum absolute atomic E-state index is 0.0145. The van der Waals surface area contributed by atoms with E-state index in [0.29, 0.717) is 36.6 Å². The van der Waals surface area contributed by atoms with Gasteiger partial charge in [0.05, 0.1) is 12.5 Å². The number of ether oxygens (including phenoxy) is 1. The fraction of sp³-hybridized carbons (Fsp3) is 0.893. The first-order valence-corrected chi connectivity index (χ1v) is 13.5. The molecule has 0 radical (unpaired) electrons. The maximum atomic E-state index is 12.2. The van der Waals surface area contributed by atoms with E-state index in [2.05, 4.69) is 66.0 Å². The number of esters is 1. The Balaban J connectivity index is 0. The Bertz CT molecular complexity index is 596. The van der Waals surface area contributed by atoms with Gasteiger partial charge in [-0.15, -0.1) is 0 Å². The Labute approximate surface area is 216 Å². The molecule has 7 nitrogen and oxygen atoms in total. The van der Waals surface area contributed by atoms with E-state index in [4.69, 9.17) is 10.5 Å². The van der Waals surface area contributed by atoms with Gasteiger partial charge in [-0.1, -0.05) is 55.4 Å². The molecule has 7 heteroatoms. The van der Waals surface area contributed by atoms with Crippen molar-refractivity contribution in [2.45, 2.75) is 120 Å². The first-order valence-electron chi connectivity index (χ1n) is 13.5. The van der Waals surface area contributed by atoms with E-state index >= 15 is 0 Å². The lowest BCUT2D eigenvalue weighted by Crippen LogP contribution is -2.41. The van der Waals surface area contributed by atoms with Crippen molar-refractivity contribution in [2.75, 3.05) is 13.1 Å². The van der Waals surface area contributed by atoms with Crippen LogP contribution in [0.5, 0.6) is 0 Å². The standard InChI is InChI=1S/C17H33NO3.C11H24N2O/c1-12(2)8-9-18-16(20)14(10-13(3)4)11-15(19)21-17(5,6)7;1-8(2)5-6-13-11(14)10(12)7-9(3)4/h12-14H,8-11H2,1-7H3,(H,18,20);8-10H,5-7,12H2,1-4H3,(H,13,14)/t14-;10-/m10/s1. The molecule has 0 aromatic carbocycles. The van der Waals surface area contributed by atoms with E-state index < -0.39 is 5.60 Å². The summed E-state index contributed by atoms with van der Waals surface area (Å²) in [6.07, 6.45) is 3.58. The van der Waals surface area contributed by atoms with Crippen LogP contribution < -0.4 is 16.4 Å². The summed E-state index contributed by atoms with van der Waals surface area (Å²) >= 11 is 0. The Hall–Kier alpha value is -1.63. The molecule has 0 saturated carbocycles. The summed E-state index contributed by atoms with van der Waals surface area (Å²) in [5, 5.41) is 5.80. The SMILES string of the molecule is CC(C)CCNC(=O)[C@@H](CC(=O)OC(C)(C)C)CC(C)C.CC(C)CCNC(=O)[C@@H](N)CC(C)C. The number of hydrogen-bond acceptors (Lipinski definition) is 5. The lowest BCUT2D eigenvalue weighted by atomic mass is 9.93. The van der Waals surface area contributed by atoms with Crippen LogP contribution in [0.2, 0.25) is 0 Å². The second-order valence-corrected chi connectivity index (χ2v) is 12.3. The van der Waals surface area contributed by atoms with Gasteiger partial charge in [0.1, 0.15) is 5.60 Å². The average molecular weight is 500 g/mol. The second-order valence-electron chi connectivity index (χ2n) is 12.3. The van der Waals surface area contributed by atoms with E-state index in [9.17, 15) is 14.4 Å². The van der Waals surface area contributed by atoms with E-state index in [1.807, 2.05) is 20.8 Å². The van der Waals surface area contributed by atoms with Crippen molar-refractivity contribution in [1.29, 1.82) is 0 Å². The minimum Gasteiger partial charge on any atom is -0.460 e. The monoisotopic (exact) mass is 499 g/mol. The predicted octanol–water partition coefficient (Wildman–Crippen LogP) is 5.06. The van der Waals surface area contributed by atoms with Gasteiger partial charge in [0.25, 0.3) is 0 Å². The molecule has 0 aromatic rings. The summed E-state index contributed by atoms with van der Waals surface area (Å²) in [5.41, 5.74) is 5.22. The van der Waals surface area contributed by atoms with Crippen LogP contribution in [0.1, 0.15) is 108 Å². The lowest BCUT2D eigenvalue weighted by molar-refractivity contribution is -0.157. The van der Waals surface area contributed by atoms with Crippen molar-refractivity contribution < 1.29 is 19.1 Å². The summed E-state index contributed by atoms with van der Waals surface area (Å²) in [5.74, 6) is 1.37. The fourth-order valence-electron chi connectivity index (χ4n) is 3.29. The summed E-state index contributed by atoms with van der Waals surface area (Å²) in [6.45, 7) is 23.7. The highest BCUT2D eigenvalue weighted by molar-refractivity contribution is 5.83. The van der Waals surface area contributed by atoms with Crippen LogP contribution in [0, 0.1) is 29.6 Å². The molecule has 2 amide bonds. The van der Waals surface area contributed by atoms with Crippen LogP contribution in [-0.2, 0) is 19.1 Å². The maximum absolute atomic E-state index is 12.2. The van der Waals surface area contributed by atoms with Gasteiger partial charge in [-0.05, 0) is 70.1 Å². The third kappa shape index (κ3) is 23.9. The molecule has 208 valence electrons. The second kappa shape index (κ2) is 18.6. The summed E-state index contributed by atoms with van der Waals surface area (Å²) in [7, 11) is 0. The number of amides is 2. The fourth-order valence-corrected chi connectivity index (χ4v) is 3.29. The van der Waals surface area contributed by atoms with Gasteiger partial charge in [-0.3, -0.25) is 14.4 Å². The number of nitrogens with two attached hydrogens (primary N) is 1. The van der Waals surface area contributed by atoms with Gasteiger partial charge in [-0.2, -0.15) is 0 Å². The van der Waals surface area contributed by atoms with E-state index in [-0.39, 0.29) is 36.2 Å². The van der Waals surface area contributed by atoms with Gasteiger partial charge >= 0.3 is 5.97 Å². The normalized spacial score (nSPS) is 13.4. The number of nitrogens with one attached hydrogen (secondary N) is 2. The lowest BCUT2D eigenvalue weighted by Gasteiger charge is -2.23. The average Bonchev–Trinajstić information content (AvgIpc) is 2.64. The zero-order chi connectivity index (χ0) is 27.8. The molecule has 0 saturated heterocycles. The molecule has 0 spiro atoms. The molecule has 0 unspecified atom stereocenters. The predicted molar refractivity (Wildman–Crippen MR) is 146 cm³/mol. The van der Waals surface area contributed by atoms with E-state index in [0.717, 1.165) is 25.8 Å². The molecule has 0 rings (SSSR count). The Morgan fingerprint density at radius 1 is 0.714 bits per heavy atom. The van der Waals surface area contributed by atoms with Crippen LogP contribution in [0.15, 0.2) is 0 Å². The van der Waals surface area contributed by atoms with Crippen molar-refractivity contribution in [3.8, 4) is 0 Å². The van der Waals surface area contributed by atoms with Crippen molar-refractivity contribution in [3.63, 3.8) is 0 Å². The van der Waals surface area contributed by atoms with Gasteiger partial charge in [0, 0.05) is 19.0 Å². The summed E-state index contributed by atoms with van der Waals surface area (Å²) in [4.78, 5) is 35.6. The molecule has 2 atom stereocenters. The zero-order valence-electron chi connectivity index (χ0n) is 24.6. The van der Waals surface area contributed by atoms with Crippen LogP contribution >= 0.6 is 0 Å². The topological polar surface area (TPSA) is 111 Å². The van der Waals surface area contributed by atoms with E-state index in [1.165, 1.54) is 0 Å². The van der Waals surface area contributed by atoms with Gasteiger partial charge in [0.2, 0.25) is 11.8 Å². The molecule has 0 heterocycles. The number of carbonyl (C=O) groups is 3. The van der Waals surface area contributed by atoms with Gasteiger partial charge in [0.15, 0.2) is 0 Å². The first-order chi connectivity index (χ1) is 15.9. The Morgan fingerprint density at radius 2 is 1.14 bits per heavy atom. The highest BCUT2D eigenvalue weighted by Gasteiger charge is 2.26. The van der Waals surface area contributed by atoms with Crippen molar-refractivity contribution in [2.24, 2.45) is 35.3 Å². The van der Waals surface area contributed by atoms with Gasteiger partial charge < -0.3 is 21.1 Å². The molecular formula is C28H57N3O4. The summed E-state index contributed by atoms with van der Waals surface area (Å²) < 4.78 is 5.32. The smallest absolute Gasteiger partial charge is 0.307 e. The summed E-state index contributed by atoms with van der Waals surface area (Å²) in [6, 6.07) is -0.345. The third-order valence-corrected chi connectivity index (χ3v) is 5.06. The number of hydrogen-bond donors (Lipinski definition) is 3. The largest absolute Gasteiger partial charge is 0.460 e. The van der Waals surface area contributed by atoms with Gasteiger partial charge in [-0.25, -0.2) is 0 Å². The Kier molecular flexibility index (Phi) is 18.9. The van der Waals surface area contributed by atoms with Crippen molar-refractivity contribution in [1.82, 2.24) is 10.6 Å². The highest BCUT2D eigenvalue weighted by atomic mass is 16.6. The first kappa shape index (κ1) is 35.5. The molecule has 0 aliphatic rings. The third-order valence-electron chi connectivity index (χ3n) is 5.06. The molecular weight excluding hydrogens is 442 g/mol. The quantitative estimate of drug-likeness (QED) is 0.289. The molecule has 35 heavy (non-hydrogen) atoms. The minimum atomic E-state index is -0.506. The highest BCUT2D eigenvalue weighted by Crippen LogP contribution is 2.19. The molecule has 0 bridgehead atoms. The van der Waals surface area contributed by atoms with Crippen LogP contribution in [0.4, 0.5) is 0 Å². The maximum Gasteiger partial charge on any atom is 0.307 e. The molecule has 0 aliphatic heterocycles. The van der Waals surface area contributed by atoms with Crippen molar-refractivity contribution in [3.05, 3.63) is 0 Å². The zero-order valence-corrected chi connectivity index (χ0v) is 24.6. The van der Waals surface area contributed by atoms with E-state index in [1.54, 1.807) is 0 Å². The Morgan fingerprint density at radius 3 is 1.51 bits per heavy atom. The molecule has 0 fully saturated rings. The molecule has 0 aromatic heterocycles. The number of carbonyl (C=O) groups excluding carboxylic acids is 3. The van der Waals surface area contributed by atoms with Crippen molar-refractivity contribution >= 4 is 17.8 Å². The van der Waals surface area contributed by atoms with Crippen LogP contribution in [0.25, 0.3) is 0 Å². The molecule has 0 aliphatic carbocycles. The molecule has 4 N–H and O–H groups in total. The van der Waals surface area contributed by atoms with Crippen LogP contribution in [0.3, 0.4) is 0 Å².